The molecule has 25 heavy (non-hydrogen) atoms. The van der Waals surface area contributed by atoms with Crippen molar-refractivity contribution in [2.75, 3.05) is 12.4 Å². The molecule has 0 radical (unpaired) electrons. The van der Waals surface area contributed by atoms with Gasteiger partial charge in [0.15, 0.2) is 0 Å². The van der Waals surface area contributed by atoms with Crippen molar-refractivity contribution < 1.29 is 14.1 Å². The van der Waals surface area contributed by atoms with Crippen molar-refractivity contribution in [3.63, 3.8) is 0 Å². The van der Waals surface area contributed by atoms with Crippen LogP contribution < -0.4 is 10.1 Å². The topological polar surface area (TPSA) is 64.4 Å². The first kappa shape index (κ1) is 15.6. The van der Waals surface area contributed by atoms with Crippen LogP contribution in [0.4, 0.5) is 15.8 Å². The SMILES string of the molecule is COc1cc([N+](=O)[O-])cc2c1NC(c1ccccc1F)C1CC=CC21. The highest BCUT2D eigenvalue weighted by molar-refractivity contribution is 5.71. The standard InChI is InChI=1S/C19H17FN2O3/c1-25-17-10-11(22(23)24)9-15-12-6-4-7-13(12)18(21-19(15)17)14-5-2-3-8-16(14)20/h2-6,8-10,12-13,18,21H,7H2,1H3. The summed E-state index contributed by atoms with van der Waals surface area (Å²) < 4.78 is 19.8. The molecule has 0 fully saturated rings. The van der Waals surface area contributed by atoms with E-state index in [1.54, 1.807) is 18.2 Å². The summed E-state index contributed by atoms with van der Waals surface area (Å²) in [6, 6.07) is 9.51. The molecular formula is C19H17FN2O3. The molecule has 0 bridgehead atoms. The summed E-state index contributed by atoms with van der Waals surface area (Å²) in [4.78, 5) is 10.8. The Kier molecular flexibility index (Phi) is 3.67. The van der Waals surface area contributed by atoms with Crippen molar-refractivity contribution in [1.29, 1.82) is 0 Å². The number of hydrogen-bond acceptors (Lipinski definition) is 4. The number of methoxy groups -OCH3 is 1. The maximum Gasteiger partial charge on any atom is 0.273 e. The van der Waals surface area contributed by atoms with Crippen molar-refractivity contribution in [3.8, 4) is 5.75 Å². The molecule has 3 unspecified atom stereocenters. The number of rotatable bonds is 3. The number of non-ortho nitro benzene ring substituents is 1. The van der Waals surface area contributed by atoms with Gasteiger partial charge in [0.05, 0.1) is 29.8 Å². The lowest BCUT2D eigenvalue weighted by Crippen LogP contribution is -2.30. The van der Waals surface area contributed by atoms with E-state index in [-0.39, 0.29) is 29.4 Å². The van der Waals surface area contributed by atoms with Crippen LogP contribution in [0.2, 0.25) is 0 Å². The molecule has 0 aromatic heterocycles. The minimum absolute atomic E-state index is 0.000733. The predicted octanol–water partition coefficient (Wildman–Crippen LogP) is 4.57. The fraction of sp³-hybridized carbons (Fsp3) is 0.263. The van der Waals surface area contributed by atoms with Crippen LogP contribution in [0.5, 0.6) is 5.75 Å². The van der Waals surface area contributed by atoms with Crippen LogP contribution in [-0.2, 0) is 0 Å². The third-order valence-electron chi connectivity index (χ3n) is 5.09. The molecule has 4 rings (SSSR count). The Morgan fingerprint density at radius 2 is 2.08 bits per heavy atom. The average Bonchev–Trinajstić information content (AvgIpc) is 3.10. The molecule has 128 valence electrons. The summed E-state index contributed by atoms with van der Waals surface area (Å²) in [5.41, 5.74) is 2.14. The number of nitrogens with one attached hydrogen (secondary N) is 1. The van der Waals surface area contributed by atoms with Crippen LogP contribution in [0.15, 0.2) is 48.6 Å². The molecule has 1 aliphatic carbocycles. The van der Waals surface area contributed by atoms with E-state index in [2.05, 4.69) is 17.5 Å². The first-order valence-electron chi connectivity index (χ1n) is 8.14. The molecule has 1 aliphatic heterocycles. The van der Waals surface area contributed by atoms with E-state index >= 15 is 0 Å². The molecule has 2 aromatic carbocycles. The minimum Gasteiger partial charge on any atom is -0.494 e. The molecule has 2 aromatic rings. The van der Waals surface area contributed by atoms with Gasteiger partial charge >= 0.3 is 0 Å². The van der Waals surface area contributed by atoms with E-state index in [1.807, 2.05) is 6.07 Å². The molecule has 0 saturated heterocycles. The Hall–Kier alpha value is -2.89. The number of nitro groups is 1. The smallest absolute Gasteiger partial charge is 0.273 e. The summed E-state index contributed by atoms with van der Waals surface area (Å²) in [5, 5.41) is 14.6. The fourth-order valence-electron chi connectivity index (χ4n) is 3.95. The van der Waals surface area contributed by atoms with Gasteiger partial charge in [0.1, 0.15) is 11.6 Å². The van der Waals surface area contributed by atoms with Gasteiger partial charge in [0.25, 0.3) is 5.69 Å². The largest absolute Gasteiger partial charge is 0.494 e. The lowest BCUT2D eigenvalue weighted by atomic mass is 9.76. The van der Waals surface area contributed by atoms with Gasteiger partial charge in [0, 0.05) is 17.5 Å². The first-order chi connectivity index (χ1) is 12.1. The van der Waals surface area contributed by atoms with Crippen molar-refractivity contribution in [3.05, 3.63) is 75.6 Å². The fourth-order valence-corrected chi connectivity index (χ4v) is 3.95. The molecule has 2 aliphatic rings. The maximum absolute atomic E-state index is 14.4. The van der Waals surface area contributed by atoms with Gasteiger partial charge in [-0.15, -0.1) is 0 Å². The molecule has 0 spiro atoms. The third kappa shape index (κ3) is 2.45. The molecule has 6 heteroatoms. The number of fused-ring (bicyclic) bond motifs is 3. The Bertz CT molecular complexity index is 881. The minimum atomic E-state index is -0.417. The first-order valence-corrected chi connectivity index (χ1v) is 8.14. The third-order valence-corrected chi connectivity index (χ3v) is 5.09. The lowest BCUT2D eigenvalue weighted by molar-refractivity contribution is -0.385. The quantitative estimate of drug-likeness (QED) is 0.505. The van der Waals surface area contributed by atoms with E-state index in [0.29, 0.717) is 17.0 Å². The second kappa shape index (κ2) is 5.88. The molecule has 3 atom stereocenters. The molecule has 5 nitrogen and oxygen atoms in total. The zero-order valence-corrected chi connectivity index (χ0v) is 13.6. The summed E-state index contributed by atoms with van der Waals surface area (Å²) in [6.07, 6.45) is 4.91. The Morgan fingerprint density at radius 1 is 1.28 bits per heavy atom. The van der Waals surface area contributed by atoms with Crippen LogP contribution in [0.3, 0.4) is 0 Å². The van der Waals surface area contributed by atoms with Gasteiger partial charge in [-0.3, -0.25) is 10.1 Å². The number of nitro benzene ring substituents is 1. The average molecular weight is 340 g/mol. The van der Waals surface area contributed by atoms with Crippen molar-refractivity contribution >= 4 is 11.4 Å². The normalized spacial score (nSPS) is 23.5. The second-order valence-corrected chi connectivity index (χ2v) is 6.37. The summed E-state index contributed by atoms with van der Waals surface area (Å²) in [5.74, 6) is 0.255. The van der Waals surface area contributed by atoms with Crippen LogP contribution in [0.25, 0.3) is 0 Å². The zero-order valence-electron chi connectivity index (χ0n) is 13.6. The van der Waals surface area contributed by atoms with Gasteiger partial charge in [0.2, 0.25) is 0 Å². The van der Waals surface area contributed by atoms with Gasteiger partial charge < -0.3 is 10.1 Å². The van der Waals surface area contributed by atoms with Crippen molar-refractivity contribution in [1.82, 2.24) is 0 Å². The highest BCUT2D eigenvalue weighted by atomic mass is 19.1. The van der Waals surface area contributed by atoms with Gasteiger partial charge in [-0.1, -0.05) is 30.4 Å². The van der Waals surface area contributed by atoms with Gasteiger partial charge in [-0.25, -0.2) is 4.39 Å². The van der Waals surface area contributed by atoms with E-state index in [4.69, 9.17) is 4.74 Å². The van der Waals surface area contributed by atoms with Crippen molar-refractivity contribution in [2.45, 2.75) is 18.4 Å². The van der Waals surface area contributed by atoms with Crippen LogP contribution >= 0.6 is 0 Å². The lowest BCUT2D eigenvalue weighted by Gasteiger charge is -2.38. The monoisotopic (exact) mass is 340 g/mol. The molecule has 0 saturated carbocycles. The molecule has 0 amide bonds. The Morgan fingerprint density at radius 3 is 2.80 bits per heavy atom. The number of allylic oxidation sites excluding steroid dienone is 2. The van der Waals surface area contributed by atoms with E-state index in [0.717, 1.165) is 12.0 Å². The Labute approximate surface area is 144 Å². The van der Waals surface area contributed by atoms with E-state index < -0.39 is 4.92 Å². The second-order valence-electron chi connectivity index (χ2n) is 6.37. The Balaban J connectivity index is 1.87. The number of halogens is 1. The summed E-state index contributed by atoms with van der Waals surface area (Å²) >= 11 is 0. The molecular weight excluding hydrogens is 323 g/mol. The number of ether oxygens (including phenoxy) is 1. The molecule has 1 heterocycles. The summed E-state index contributed by atoms with van der Waals surface area (Å²) in [7, 11) is 1.48. The highest BCUT2D eigenvalue weighted by Crippen LogP contribution is 2.53. The predicted molar refractivity (Wildman–Crippen MR) is 92.4 cm³/mol. The number of nitrogens with zero attached hydrogens (tertiary/aromatic N) is 1. The van der Waals surface area contributed by atoms with Gasteiger partial charge in [-0.2, -0.15) is 0 Å². The maximum atomic E-state index is 14.4. The van der Waals surface area contributed by atoms with E-state index in [1.165, 1.54) is 19.2 Å². The van der Waals surface area contributed by atoms with E-state index in [9.17, 15) is 14.5 Å². The zero-order chi connectivity index (χ0) is 17.6. The highest BCUT2D eigenvalue weighted by Gasteiger charge is 2.40. The number of hydrogen-bond donors (Lipinski definition) is 1. The number of benzene rings is 2. The number of anilines is 1. The van der Waals surface area contributed by atoms with Crippen LogP contribution in [0.1, 0.15) is 29.5 Å². The van der Waals surface area contributed by atoms with Crippen LogP contribution in [0, 0.1) is 21.8 Å². The van der Waals surface area contributed by atoms with Crippen LogP contribution in [-0.4, -0.2) is 12.0 Å². The van der Waals surface area contributed by atoms with Crippen molar-refractivity contribution in [2.24, 2.45) is 5.92 Å². The summed E-state index contributed by atoms with van der Waals surface area (Å²) in [6.45, 7) is 0. The molecule has 1 N–H and O–H groups in total. The van der Waals surface area contributed by atoms with Gasteiger partial charge in [-0.05, 0) is 24.0 Å².